The summed E-state index contributed by atoms with van der Waals surface area (Å²) in [5, 5.41) is 0.0667. The van der Waals surface area contributed by atoms with Crippen LogP contribution in [0.2, 0.25) is 0 Å². The molecular formula is C8H16N4O2S. The molecule has 86 valence electrons. The highest BCUT2D eigenvalue weighted by atomic mass is 32.2. The highest BCUT2D eigenvalue weighted by molar-refractivity contribution is 7.89. The van der Waals surface area contributed by atoms with Crippen LogP contribution >= 0.6 is 0 Å². The molecule has 4 N–H and O–H groups in total. The van der Waals surface area contributed by atoms with Gasteiger partial charge in [0.15, 0.2) is 5.03 Å². The minimum absolute atomic E-state index is 0.0667. The molecule has 0 aliphatic heterocycles. The van der Waals surface area contributed by atoms with Gasteiger partial charge in [0.2, 0.25) is 0 Å². The highest BCUT2D eigenvalue weighted by Crippen LogP contribution is 2.05. The van der Waals surface area contributed by atoms with E-state index in [0.29, 0.717) is 6.54 Å². The number of hydrogen-bond donors (Lipinski definition) is 3. The van der Waals surface area contributed by atoms with Crippen LogP contribution < -0.4 is 10.5 Å². The zero-order chi connectivity index (χ0) is 11.3. The van der Waals surface area contributed by atoms with Crippen LogP contribution in [0.25, 0.3) is 0 Å². The third-order valence-electron chi connectivity index (χ3n) is 2.01. The van der Waals surface area contributed by atoms with Crippen molar-refractivity contribution in [1.29, 1.82) is 0 Å². The van der Waals surface area contributed by atoms with Crippen molar-refractivity contribution in [2.24, 2.45) is 5.73 Å². The maximum absolute atomic E-state index is 11.7. The van der Waals surface area contributed by atoms with Crippen molar-refractivity contribution >= 4 is 10.0 Å². The lowest BCUT2D eigenvalue weighted by molar-refractivity contribution is 0.525. The molecule has 15 heavy (non-hydrogen) atoms. The molecule has 0 bridgehead atoms. The molecule has 0 aliphatic rings. The van der Waals surface area contributed by atoms with Crippen LogP contribution in [0.5, 0.6) is 0 Å². The monoisotopic (exact) mass is 232 g/mol. The van der Waals surface area contributed by atoms with Crippen LogP contribution in [0.15, 0.2) is 17.6 Å². The molecule has 1 unspecified atom stereocenters. The van der Waals surface area contributed by atoms with Crippen molar-refractivity contribution < 1.29 is 8.42 Å². The summed E-state index contributed by atoms with van der Waals surface area (Å²) in [6, 6.07) is -0.219. The number of aromatic amines is 1. The minimum atomic E-state index is -3.50. The number of nitrogens with two attached hydrogens (primary N) is 1. The van der Waals surface area contributed by atoms with Crippen LogP contribution in [0.1, 0.15) is 19.8 Å². The standard InChI is InChI=1S/C8H16N4O2S/c1-2-3-7(4-9)12-15(13,14)8-5-10-6-11-8/h5-7,12H,2-4,9H2,1H3,(H,10,11). The van der Waals surface area contributed by atoms with E-state index in [1.807, 2.05) is 6.92 Å². The van der Waals surface area contributed by atoms with Gasteiger partial charge in [0.1, 0.15) is 0 Å². The fourth-order valence-corrected chi connectivity index (χ4v) is 2.43. The van der Waals surface area contributed by atoms with Crippen molar-refractivity contribution in [3.8, 4) is 0 Å². The summed E-state index contributed by atoms with van der Waals surface area (Å²) in [6.45, 7) is 2.27. The van der Waals surface area contributed by atoms with Gasteiger partial charge in [0, 0.05) is 12.6 Å². The Balaban J connectivity index is 2.72. The topological polar surface area (TPSA) is 101 Å². The SMILES string of the molecule is CCCC(CN)NS(=O)(=O)c1cnc[nH]1. The van der Waals surface area contributed by atoms with Crippen molar-refractivity contribution in [2.45, 2.75) is 30.8 Å². The van der Waals surface area contributed by atoms with Crippen LogP contribution in [0.3, 0.4) is 0 Å². The van der Waals surface area contributed by atoms with Gasteiger partial charge >= 0.3 is 0 Å². The van der Waals surface area contributed by atoms with Gasteiger partial charge in [0.05, 0.1) is 12.5 Å². The number of hydrogen-bond acceptors (Lipinski definition) is 4. The van der Waals surface area contributed by atoms with Crippen LogP contribution in [-0.2, 0) is 10.0 Å². The molecule has 0 spiro atoms. The average Bonchev–Trinajstić information content (AvgIpc) is 2.70. The molecule has 0 amide bonds. The first-order chi connectivity index (χ1) is 7.10. The van der Waals surface area contributed by atoms with E-state index in [1.165, 1.54) is 12.5 Å². The van der Waals surface area contributed by atoms with E-state index in [9.17, 15) is 8.42 Å². The maximum Gasteiger partial charge on any atom is 0.257 e. The van der Waals surface area contributed by atoms with Gasteiger partial charge < -0.3 is 10.7 Å². The van der Waals surface area contributed by atoms with Crippen LogP contribution in [-0.4, -0.2) is 31.0 Å². The molecule has 1 atom stereocenters. The fraction of sp³-hybridized carbons (Fsp3) is 0.625. The van der Waals surface area contributed by atoms with Gasteiger partial charge in [-0.2, -0.15) is 0 Å². The lowest BCUT2D eigenvalue weighted by Crippen LogP contribution is -2.40. The molecule has 0 fully saturated rings. The summed E-state index contributed by atoms with van der Waals surface area (Å²) in [7, 11) is -3.50. The molecule has 1 rings (SSSR count). The number of nitrogens with zero attached hydrogens (tertiary/aromatic N) is 1. The molecule has 0 aliphatic carbocycles. The number of sulfonamides is 1. The molecule has 0 radical (unpaired) electrons. The second kappa shape index (κ2) is 5.24. The third-order valence-corrected chi connectivity index (χ3v) is 3.45. The van der Waals surface area contributed by atoms with Gasteiger partial charge in [-0.1, -0.05) is 13.3 Å². The van der Waals surface area contributed by atoms with Crippen molar-refractivity contribution in [1.82, 2.24) is 14.7 Å². The lowest BCUT2D eigenvalue weighted by Gasteiger charge is -2.14. The second-order valence-corrected chi connectivity index (χ2v) is 4.94. The Bertz CT molecular complexity index is 373. The van der Waals surface area contributed by atoms with Crippen molar-refractivity contribution in [3.05, 3.63) is 12.5 Å². The average molecular weight is 232 g/mol. The van der Waals surface area contributed by atoms with E-state index in [1.54, 1.807) is 0 Å². The molecule has 6 nitrogen and oxygen atoms in total. The molecular weight excluding hydrogens is 216 g/mol. The Morgan fingerprint density at radius 2 is 2.40 bits per heavy atom. The van der Waals surface area contributed by atoms with Gasteiger partial charge in [-0.3, -0.25) is 0 Å². The number of aromatic nitrogens is 2. The Kier molecular flexibility index (Phi) is 4.25. The Morgan fingerprint density at radius 3 is 2.87 bits per heavy atom. The lowest BCUT2D eigenvalue weighted by atomic mass is 10.2. The summed E-state index contributed by atoms with van der Waals surface area (Å²) in [5.41, 5.74) is 5.47. The number of imidazole rings is 1. The van der Waals surface area contributed by atoms with E-state index in [0.717, 1.165) is 12.8 Å². The van der Waals surface area contributed by atoms with Gasteiger partial charge in [-0.25, -0.2) is 18.1 Å². The number of nitrogens with one attached hydrogen (secondary N) is 2. The molecule has 1 heterocycles. The quantitative estimate of drug-likeness (QED) is 0.633. The largest absolute Gasteiger partial charge is 0.335 e. The normalized spacial score (nSPS) is 14.0. The van der Waals surface area contributed by atoms with E-state index in [4.69, 9.17) is 5.73 Å². The summed E-state index contributed by atoms with van der Waals surface area (Å²) in [4.78, 5) is 6.21. The fourth-order valence-electron chi connectivity index (χ4n) is 1.25. The summed E-state index contributed by atoms with van der Waals surface area (Å²) < 4.78 is 25.9. The minimum Gasteiger partial charge on any atom is -0.335 e. The van der Waals surface area contributed by atoms with E-state index >= 15 is 0 Å². The Labute approximate surface area is 89.3 Å². The first kappa shape index (κ1) is 12.2. The van der Waals surface area contributed by atoms with E-state index in [-0.39, 0.29) is 11.1 Å². The summed E-state index contributed by atoms with van der Waals surface area (Å²) in [6.07, 6.45) is 4.20. The highest BCUT2D eigenvalue weighted by Gasteiger charge is 2.19. The van der Waals surface area contributed by atoms with Crippen LogP contribution in [0, 0.1) is 0 Å². The number of rotatable bonds is 6. The first-order valence-corrected chi connectivity index (χ1v) is 6.29. The third kappa shape index (κ3) is 3.29. The van der Waals surface area contributed by atoms with E-state index in [2.05, 4.69) is 14.7 Å². The Hall–Kier alpha value is -0.920. The van der Waals surface area contributed by atoms with Gasteiger partial charge in [-0.05, 0) is 6.42 Å². The van der Waals surface area contributed by atoms with Gasteiger partial charge in [0.25, 0.3) is 10.0 Å². The Morgan fingerprint density at radius 1 is 1.67 bits per heavy atom. The number of H-pyrrole nitrogens is 1. The maximum atomic E-state index is 11.7. The zero-order valence-corrected chi connectivity index (χ0v) is 9.42. The van der Waals surface area contributed by atoms with Crippen LogP contribution in [0.4, 0.5) is 0 Å². The first-order valence-electron chi connectivity index (χ1n) is 4.81. The zero-order valence-electron chi connectivity index (χ0n) is 8.60. The summed E-state index contributed by atoms with van der Waals surface area (Å²) >= 11 is 0. The molecule has 7 heteroatoms. The van der Waals surface area contributed by atoms with Crippen molar-refractivity contribution in [3.63, 3.8) is 0 Å². The second-order valence-electron chi connectivity index (χ2n) is 3.26. The summed E-state index contributed by atoms with van der Waals surface area (Å²) in [5.74, 6) is 0. The molecule has 0 saturated heterocycles. The smallest absolute Gasteiger partial charge is 0.257 e. The molecule has 0 saturated carbocycles. The van der Waals surface area contributed by atoms with Gasteiger partial charge in [-0.15, -0.1) is 0 Å². The molecule has 0 aromatic carbocycles. The predicted molar refractivity (Wildman–Crippen MR) is 56.7 cm³/mol. The predicted octanol–water partition coefficient (Wildman–Crippen LogP) is -0.185. The van der Waals surface area contributed by atoms with E-state index < -0.39 is 10.0 Å². The molecule has 1 aromatic heterocycles. The van der Waals surface area contributed by atoms with Crippen molar-refractivity contribution in [2.75, 3.05) is 6.54 Å². The molecule has 1 aromatic rings.